The first-order valence-electron chi connectivity index (χ1n) is 7.03. The summed E-state index contributed by atoms with van der Waals surface area (Å²) in [5.41, 5.74) is -0.736. The Balaban J connectivity index is 2.66. The Bertz CT molecular complexity index is 762. The average molecular weight is 330 g/mol. The maximum absolute atomic E-state index is 13.0. The van der Waals surface area contributed by atoms with Gasteiger partial charge in [0.05, 0.1) is 0 Å². The number of alkyl halides is 3. The van der Waals surface area contributed by atoms with Crippen LogP contribution < -0.4 is 5.56 Å². The van der Waals surface area contributed by atoms with Crippen molar-refractivity contribution in [3.63, 3.8) is 0 Å². The van der Waals surface area contributed by atoms with Crippen LogP contribution in [-0.4, -0.2) is 31.5 Å². The van der Waals surface area contributed by atoms with Gasteiger partial charge in [0.15, 0.2) is 0 Å². The van der Waals surface area contributed by atoms with E-state index in [0.717, 1.165) is 10.7 Å². The number of aromatic amines is 1. The number of nitrogens with one attached hydrogen (secondary N) is 1. The van der Waals surface area contributed by atoms with Crippen LogP contribution in [0.5, 0.6) is 0 Å². The lowest BCUT2D eigenvalue weighted by Gasteiger charge is -2.12. The van der Waals surface area contributed by atoms with Crippen molar-refractivity contribution in [2.24, 2.45) is 0 Å². The molecule has 9 heteroatoms. The first-order valence-corrected chi connectivity index (χ1v) is 7.03. The summed E-state index contributed by atoms with van der Waals surface area (Å²) in [6.45, 7) is 4.76. The van der Waals surface area contributed by atoms with E-state index in [1.807, 2.05) is 0 Å². The van der Waals surface area contributed by atoms with Gasteiger partial charge < -0.3 is 5.11 Å². The van der Waals surface area contributed by atoms with E-state index in [-0.39, 0.29) is 30.6 Å². The molecule has 0 aliphatic carbocycles. The van der Waals surface area contributed by atoms with Crippen molar-refractivity contribution in [1.82, 2.24) is 19.7 Å². The predicted octanol–water partition coefficient (Wildman–Crippen LogP) is 1.94. The van der Waals surface area contributed by atoms with E-state index in [1.165, 1.54) is 0 Å². The van der Waals surface area contributed by atoms with Crippen LogP contribution in [0.2, 0.25) is 0 Å². The fourth-order valence-electron chi connectivity index (χ4n) is 2.12. The van der Waals surface area contributed by atoms with Gasteiger partial charge in [0.25, 0.3) is 11.5 Å². The number of nitrogens with zero attached hydrogens (tertiary/aromatic N) is 3. The van der Waals surface area contributed by atoms with Crippen LogP contribution in [0.25, 0.3) is 5.95 Å². The predicted molar refractivity (Wildman–Crippen MR) is 76.6 cm³/mol. The van der Waals surface area contributed by atoms with Crippen LogP contribution in [0.3, 0.4) is 0 Å². The molecule has 0 aromatic carbocycles. The van der Waals surface area contributed by atoms with Crippen molar-refractivity contribution in [3.8, 4) is 5.95 Å². The Kier molecular flexibility index (Phi) is 4.60. The second-order valence-electron chi connectivity index (χ2n) is 5.46. The van der Waals surface area contributed by atoms with Crippen LogP contribution in [-0.2, 0) is 12.6 Å². The molecule has 0 spiro atoms. The molecular formula is C14H17F3N4O2. The number of aliphatic hydroxyl groups excluding tert-OH is 1. The second-order valence-corrected chi connectivity index (χ2v) is 5.46. The van der Waals surface area contributed by atoms with Crippen molar-refractivity contribution in [2.45, 2.75) is 39.3 Å². The molecule has 2 rings (SSSR count). The molecule has 2 aromatic rings. The molecule has 0 saturated heterocycles. The Hall–Kier alpha value is -2.16. The van der Waals surface area contributed by atoms with E-state index < -0.39 is 17.4 Å². The summed E-state index contributed by atoms with van der Waals surface area (Å²) in [4.78, 5) is 19.8. The lowest BCUT2D eigenvalue weighted by atomic mass is 10.1. The third kappa shape index (κ3) is 3.44. The highest BCUT2D eigenvalue weighted by molar-refractivity contribution is 5.26. The summed E-state index contributed by atoms with van der Waals surface area (Å²) in [6, 6.07) is 0.879. The fourth-order valence-corrected chi connectivity index (χ4v) is 2.12. The summed E-state index contributed by atoms with van der Waals surface area (Å²) in [7, 11) is 0. The first kappa shape index (κ1) is 17.2. The summed E-state index contributed by atoms with van der Waals surface area (Å²) in [6.07, 6.45) is -4.54. The summed E-state index contributed by atoms with van der Waals surface area (Å²) in [5, 5.41) is 11.6. The molecule has 0 atom stereocenters. The van der Waals surface area contributed by atoms with Gasteiger partial charge in [-0.2, -0.15) is 17.9 Å². The Morgan fingerprint density at radius 1 is 1.35 bits per heavy atom. The standard InChI is InChI=1S/C14H17F3N4O2/c1-7(2)10-6-11(14(15,16)17)19-13(18-10)21-12(23)9(4-5-22)8(3)20-21/h6-7,20,22H,4-5H2,1-3H3. The number of hydrogen-bond acceptors (Lipinski definition) is 4. The van der Waals surface area contributed by atoms with Crippen LogP contribution in [0.15, 0.2) is 10.9 Å². The van der Waals surface area contributed by atoms with Crippen LogP contribution in [0.4, 0.5) is 13.2 Å². The molecule has 2 N–H and O–H groups in total. The van der Waals surface area contributed by atoms with E-state index in [2.05, 4.69) is 15.1 Å². The van der Waals surface area contributed by atoms with Crippen LogP contribution in [0, 0.1) is 6.92 Å². The molecule has 2 heterocycles. The molecule has 0 unspecified atom stereocenters. The van der Waals surface area contributed by atoms with Gasteiger partial charge in [0.2, 0.25) is 0 Å². The van der Waals surface area contributed by atoms with Crippen molar-refractivity contribution in [2.75, 3.05) is 6.61 Å². The molecule has 126 valence electrons. The highest BCUT2D eigenvalue weighted by Gasteiger charge is 2.34. The summed E-state index contributed by atoms with van der Waals surface area (Å²) >= 11 is 0. The summed E-state index contributed by atoms with van der Waals surface area (Å²) in [5.74, 6) is -0.623. The number of H-pyrrole nitrogens is 1. The number of aryl methyl sites for hydroxylation is 1. The second kappa shape index (κ2) is 6.15. The minimum Gasteiger partial charge on any atom is -0.396 e. The quantitative estimate of drug-likeness (QED) is 0.897. The Labute approximate surface area is 130 Å². The van der Waals surface area contributed by atoms with Crippen LogP contribution in [0.1, 0.15) is 42.4 Å². The SMILES string of the molecule is Cc1[nH]n(-c2nc(C(C)C)cc(C(F)(F)F)n2)c(=O)c1CCO. The van der Waals surface area contributed by atoms with Gasteiger partial charge >= 0.3 is 6.18 Å². The van der Waals surface area contributed by atoms with Crippen LogP contribution >= 0.6 is 0 Å². The monoisotopic (exact) mass is 330 g/mol. The number of halogens is 3. The molecule has 2 aromatic heterocycles. The summed E-state index contributed by atoms with van der Waals surface area (Å²) < 4.78 is 39.9. The highest BCUT2D eigenvalue weighted by Crippen LogP contribution is 2.29. The topological polar surface area (TPSA) is 83.8 Å². The number of hydrogen-bond donors (Lipinski definition) is 2. The molecule has 0 saturated carbocycles. The third-order valence-corrected chi connectivity index (χ3v) is 3.37. The average Bonchev–Trinajstić information content (AvgIpc) is 2.74. The zero-order valence-corrected chi connectivity index (χ0v) is 12.9. The first-order chi connectivity index (χ1) is 10.6. The Morgan fingerprint density at radius 3 is 2.52 bits per heavy atom. The Morgan fingerprint density at radius 2 is 2.00 bits per heavy atom. The lowest BCUT2D eigenvalue weighted by molar-refractivity contribution is -0.141. The van der Waals surface area contributed by atoms with Gasteiger partial charge in [0.1, 0.15) is 5.69 Å². The van der Waals surface area contributed by atoms with E-state index in [1.54, 1.807) is 20.8 Å². The van der Waals surface area contributed by atoms with E-state index in [9.17, 15) is 18.0 Å². The molecule has 23 heavy (non-hydrogen) atoms. The molecule has 0 aliphatic heterocycles. The zero-order valence-electron chi connectivity index (χ0n) is 12.9. The van der Waals surface area contributed by atoms with Gasteiger partial charge in [-0.1, -0.05) is 13.8 Å². The lowest BCUT2D eigenvalue weighted by Crippen LogP contribution is -2.22. The van der Waals surface area contributed by atoms with Crippen molar-refractivity contribution in [1.29, 1.82) is 0 Å². The minimum atomic E-state index is -4.64. The zero-order chi connectivity index (χ0) is 17.4. The van der Waals surface area contributed by atoms with Gasteiger partial charge in [-0.15, -0.1) is 0 Å². The maximum atomic E-state index is 13.0. The largest absolute Gasteiger partial charge is 0.433 e. The molecular weight excluding hydrogens is 313 g/mol. The normalized spacial score (nSPS) is 12.2. The number of aliphatic hydroxyl groups is 1. The van der Waals surface area contributed by atoms with Crippen molar-refractivity contribution < 1.29 is 18.3 Å². The van der Waals surface area contributed by atoms with Gasteiger partial charge in [-0.25, -0.2) is 9.97 Å². The van der Waals surface area contributed by atoms with Crippen molar-refractivity contribution >= 4 is 0 Å². The van der Waals surface area contributed by atoms with Crippen molar-refractivity contribution in [3.05, 3.63) is 39.1 Å². The fraction of sp³-hybridized carbons (Fsp3) is 0.500. The molecule has 6 nitrogen and oxygen atoms in total. The van der Waals surface area contributed by atoms with Gasteiger partial charge in [-0.3, -0.25) is 9.89 Å². The minimum absolute atomic E-state index is 0.101. The molecule has 0 fully saturated rings. The highest BCUT2D eigenvalue weighted by atomic mass is 19.4. The molecule has 0 aliphatic rings. The molecule has 0 amide bonds. The number of aromatic nitrogens is 4. The maximum Gasteiger partial charge on any atom is 0.433 e. The van der Waals surface area contributed by atoms with Gasteiger partial charge in [0, 0.05) is 30.0 Å². The van der Waals surface area contributed by atoms with E-state index >= 15 is 0 Å². The molecule has 0 radical (unpaired) electrons. The van der Waals surface area contributed by atoms with Gasteiger partial charge in [-0.05, 0) is 18.9 Å². The smallest absolute Gasteiger partial charge is 0.396 e. The van der Waals surface area contributed by atoms with E-state index in [0.29, 0.717) is 11.3 Å². The molecule has 0 bridgehead atoms. The number of rotatable bonds is 4. The van der Waals surface area contributed by atoms with E-state index in [4.69, 9.17) is 5.11 Å². The third-order valence-electron chi connectivity index (χ3n) is 3.37.